The monoisotopic (exact) mass is 218 g/mol. The first-order chi connectivity index (χ1) is 7.75. The molecule has 0 saturated heterocycles. The van der Waals surface area contributed by atoms with Crippen molar-refractivity contribution < 1.29 is 0 Å². The lowest BCUT2D eigenvalue weighted by atomic mass is 10.3. The van der Waals surface area contributed by atoms with Crippen LogP contribution in [0.5, 0.6) is 0 Å². The van der Waals surface area contributed by atoms with Gasteiger partial charge in [-0.2, -0.15) is 10.2 Å². The molecule has 1 N–H and O–H groups in total. The molecule has 2 aromatic heterocycles. The summed E-state index contributed by atoms with van der Waals surface area (Å²) in [7, 11) is 0. The molecule has 0 amide bonds. The summed E-state index contributed by atoms with van der Waals surface area (Å²) in [5.74, 6) is 0.672. The summed E-state index contributed by atoms with van der Waals surface area (Å²) in [5.41, 5.74) is 0.914. The van der Waals surface area contributed by atoms with Crippen molar-refractivity contribution in [2.24, 2.45) is 0 Å². The van der Waals surface area contributed by atoms with Crippen molar-refractivity contribution in [1.82, 2.24) is 30.3 Å². The molecule has 2 heterocycles. The zero-order chi connectivity index (χ0) is 11.4. The predicted octanol–water partition coefficient (Wildman–Crippen LogP) is 0.555. The Morgan fingerprint density at radius 1 is 1.31 bits per heavy atom. The van der Waals surface area contributed by atoms with E-state index < -0.39 is 0 Å². The summed E-state index contributed by atoms with van der Waals surface area (Å²) in [6.07, 6.45) is 3.06. The molecular formula is C10H14N6. The number of hydrogen-bond donors (Lipinski definition) is 1. The van der Waals surface area contributed by atoms with Crippen LogP contribution in [0.15, 0.2) is 24.8 Å². The van der Waals surface area contributed by atoms with Gasteiger partial charge in [-0.05, 0) is 12.1 Å². The van der Waals surface area contributed by atoms with Gasteiger partial charge in [0, 0.05) is 12.6 Å². The molecule has 16 heavy (non-hydrogen) atoms. The van der Waals surface area contributed by atoms with Crippen LogP contribution in [0.4, 0.5) is 0 Å². The number of hydrogen-bond acceptors (Lipinski definition) is 5. The Kier molecular flexibility index (Phi) is 3.21. The van der Waals surface area contributed by atoms with E-state index in [-0.39, 0.29) is 0 Å². The maximum atomic E-state index is 4.11. The molecule has 2 aromatic rings. The van der Waals surface area contributed by atoms with Gasteiger partial charge in [0.2, 0.25) is 0 Å². The van der Waals surface area contributed by atoms with Crippen LogP contribution in [-0.2, 0) is 6.54 Å². The number of rotatable bonds is 4. The van der Waals surface area contributed by atoms with Gasteiger partial charge in [0.25, 0.3) is 0 Å². The largest absolute Gasteiger partial charge is 0.309 e. The molecule has 0 aliphatic rings. The molecule has 6 heteroatoms. The van der Waals surface area contributed by atoms with Crippen molar-refractivity contribution in [3.63, 3.8) is 0 Å². The van der Waals surface area contributed by atoms with E-state index in [0.717, 1.165) is 12.2 Å². The first-order valence-corrected chi connectivity index (χ1v) is 5.16. The molecule has 0 unspecified atom stereocenters. The Morgan fingerprint density at radius 3 is 2.75 bits per heavy atom. The Balaban J connectivity index is 2.05. The van der Waals surface area contributed by atoms with E-state index in [1.807, 2.05) is 12.1 Å². The molecule has 2 rings (SSSR count). The number of nitrogens with one attached hydrogen (secondary N) is 1. The van der Waals surface area contributed by atoms with Crippen LogP contribution in [0.2, 0.25) is 0 Å². The minimum atomic E-state index is 0.441. The van der Waals surface area contributed by atoms with E-state index in [2.05, 4.69) is 39.4 Å². The first-order valence-electron chi connectivity index (χ1n) is 5.16. The summed E-state index contributed by atoms with van der Waals surface area (Å²) in [6.45, 7) is 4.91. The van der Waals surface area contributed by atoms with Gasteiger partial charge in [0.15, 0.2) is 5.82 Å². The zero-order valence-electron chi connectivity index (χ0n) is 9.33. The smallest absolute Gasteiger partial charge is 0.177 e. The first kappa shape index (κ1) is 10.7. The van der Waals surface area contributed by atoms with Gasteiger partial charge in [-0.1, -0.05) is 13.8 Å². The van der Waals surface area contributed by atoms with Crippen molar-refractivity contribution in [3.8, 4) is 5.82 Å². The van der Waals surface area contributed by atoms with Crippen LogP contribution in [0, 0.1) is 0 Å². The Hall–Kier alpha value is -1.82. The minimum Gasteiger partial charge on any atom is -0.309 e. The van der Waals surface area contributed by atoms with Crippen LogP contribution in [0.3, 0.4) is 0 Å². The van der Waals surface area contributed by atoms with Gasteiger partial charge >= 0.3 is 0 Å². The van der Waals surface area contributed by atoms with Crippen molar-refractivity contribution >= 4 is 0 Å². The lowest BCUT2D eigenvalue weighted by molar-refractivity contribution is 0.576. The molecule has 0 atom stereocenters. The van der Waals surface area contributed by atoms with Gasteiger partial charge in [-0.3, -0.25) is 0 Å². The van der Waals surface area contributed by atoms with Gasteiger partial charge in [0.05, 0.1) is 5.69 Å². The topological polar surface area (TPSA) is 68.5 Å². The number of nitrogens with zero attached hydrogens (tertiary/aromatic N) is 5. The molecule has 6 nitrogen and oxygen atoms in total. The summed E-state index contributed by atoms with van der Waals surface area (Å²) >= 11 is 0. The maximum Gasteiger partial charge on any atom is 0.177 e. The van der Waals surface area contributed by atoms with Gasteiger partial charge in [0.1, 0.15) is 12.7 Å². The average molecular weight is 218 g/mol. The summed E-state index contributed by atoms with van der Waals surface area (Å²) in [5, 5.41) is 15.4. The van der Waals surface area contributed by atoms with Gasteiger partial charge in [-0.25, -0.2) is 9.67 Å². The molecule has 0 bridgehead atoms. The lowest BCUT2D eigenvalue weighted by Gasteiger charge is -2.06. The molecule has 0 spiro atoms. The molecule has 0 fully saturated rings. The van der Waals surface area contributed by atoms with E-state index in [1.165, 1.54) is 6.33 Å². The molecule has 0 radical (unpaired) electrons. The van der Waals surface area contributed by atoms with Crippen LogP contribution < -0.4 is 5.32 Å². The highest BCUT2D eigenvalue weighted by Gasteiger charge is 2.01. The third kappa shape index (κ3) is 2.60. The van der Waals surface area contributed by atoms with Crippen LogP contribution >= 0.6 is 0 Å². The quantitative estimate of drug-likeness (QED) is 0.811. The standard InChI is InChI=1S/C10H14N6/c1-8(2)12-5-9-3-4-10(15-14-9)16-7-11-6-13-16/h3-4,6-8,12H,5H2,1-2H3. The fraction of sp³-hybridized carbons (Fsp3) is 0.400. The van der Waals surface area contributed by atoms with Crippen molar-refractivity contribution in [2.45, 2.75) is 26.4 Å². The molecule has 0 saturated carbocycles. The van der Waals surface area contributed by atoms with Crippen LogP contribution in [0.25, 0.3) is 5.82 Å². The molecule has 0 aliphatic heterocycles. The highest BCUT2D eigenvalue weighted by atomic mass is 15.4. The third-order valence-corrected chi connectivity index (χ3v) is 2.05. The van der Waals surface area contributed by atoms with E-state index >= 15 is 0 Å². The third-order valence-electron chi connectivity index (χ3n) is 2.05. The van der Waals surface area contributed by atoms with Crippen molar-refractivity contribution in [3.05, 3.63) is 30.5 Å². The fourth-order valence-corrected chi connectivity index (χ4v) is 1.20. The second-order valence-electron chi connectivity index (χ2n) is 3.76. The van der Waals surface area contributed by atoms with E-state index in [1.54, 1.807) is 11.0 Å². The van der Waals surface area contributed by atoms with E-state index in [9.17, 15) is 0 Å². The summed E-state index contributed by atoms with van der Waals surface area (Å²) in [4.78, 5) is 3.85. The predicted molar refractivity (Wildman–Crippen MR) is 58.9 cm³/mol. The minimum absolute atomic E-state index is 0.441. The summed E-state index contributed by atoms with van der Waals surface area (Å²) in [6, 6.07) is 4.25. The molecule has 0 aromatic carbocycles. The fourth-order valence-electron chi connectivity index (χ4n) is 1.20. The van der Waals surface area contributed by atoms with Crippen LogP contribution in [-0.4, -0.2) is 31.0 Å². The Bertz CT molecular complexity index is 419. The molecular weight excluding hydrogens is 204 g/mol. The summed E-state index contributed by atoms with van der Waals surface area (Å²) < 4.78 is 1.58. The maximum absolute atomic E-state index is 4.11. The van der Waals surface area contributed by atoms with Crippen LogP contribution in [0.1, 0.15) is 19.5 Å². The molecule has 84 valence electrons. The SMILES string of the molecule is CC(C)NCc1ccc(-n2cncn2)nn1. The van der Waals surface area contributed by atoms with Gasteiger partial charge in [-0.15, -0.1) is 5.10 Å². The zero-order valence-corrected chi connectivity index (χ0v) is 9.33. The Morgan fingerprint density at radius 2 is 2.19 bits per heavy atom. The van der Waals surface area contributed by atoms with Crippen molar-refractivity contribution in [2.75, 3.05) is 0 Å². The second-order valence-corrected chi connectivity index (χ2v) is 3.76. The van der Waals surface area contributed by atoms with E-state index in [4.69, 9.17) is 0 Å². The van der Waals surface area contributed by atoms with E-state index in [0.29, 0.717) is 11.9 Å². The number of aromatic nitrogens is 5. The second kappa shape index (κ2) is 4.80. The highest BCUT2D eigenvalue weighted by molar-refractivity contribution is 5.19. The Labute approximate surface area is 93.7 Å². The normalized spacial score (nSPS) is 10.9. The highest BCUT2D eigenvalue weighted by Crippen LogP contribution is 2.00. The average Bonchev–Trinajstić information content (AvgIpc) is 2.80. The van der Waals surface area contributed by atoms with Gasteiger partial charge < -0.3 is 5.32 Å². The lowest BCUT2D eigenvalue weighted by Crippen LogP contribution is -2.22. The van der Waals surface area contributed by atoms with Crippen molar-refractivity contribution in [1.29, 1.82) is 0 Å². The molecule has 0 aliphatic carbocycles.